The van der Waals surface area contributed by atoms with Crippen molar-refractivity contribution in [2.45, 2.75) is 44.8 Å². The molecule has 7 nitrogen and oxygen atoms in total. The van der Waals surface area contributed by atoms with E-state index in [1.165, 1.54) is 12.1 Å². The quantitative estimate of drug-likeness (QED) is 0.354. The summed E-state index contributed by atoms with van der Waals surface area (Å²) in [7, 11) is 0. The lowest BCUT2D eigenvalue weighted by Gasteiger charge is -2.20. The van der Waals surface area contributed by atoms with Crippen molar-refractivity contribution in [1.29, 1.82) is 0 Å². The number of nitrogens with one attached hydrogen (secondary N) is 1. The van der Waals surface area contributed by atoms with Gasteiger partial charge in [0, 0.05) is 19.0 Å². The Bertz CT molecular complexity index is 1310. The normalized spacial score (nSPS) is 13.4. The van der Waals surface area contributed by atoms with E-state index in [0.717, 1.165) is 5.56 Å². The fourth-order valence-corrected chi connectivity index (χ4v) is 3.91. The SMILES string of the molecule is CC(NC(=O)CCc1nc2cccnc2n1Cc1ccc(OC(F)(F)F)cc1)C(O)c1ccccc1. The topological polar surface area (TPSA) is 89.3 Å². The molecule has 0 aliphatic carbocycles. The highest BCUT2D eigenvalue weighted by molar-refractivity contribution is 5.77. The zero-order valence-electron chi connectivity index (χ0n) is 19.4. The van der Waals surface area contributed by atoms with Gasteiger partial charge in [-0.1, -0.05) is 42.5 Å². The highest BCUT2D eigenvalue weighted by atomic mass is 19.4. The molecule has 2 unspecified atom stereocenters. The lowest BCUT2D eigenvalue weighted by molar-refractivity contribution is -0.274. The number of ether oxygens (including phenoxy) is 1. The van der Waals surface area contributed by atoms with Crippen LogP contribution in [0.3, 0.4) is 0 Å². The number of aromatic nitrogens is 3. The zero-order valence-corrected chi connectivity index (χ0v) is 19.4. The summed E-state index contributed by atoms with van der Waals surface area (Å²) in [6.07, 6.45) is -3.52. The lowest BCUT2D eigenvalue weighted by Crippen LogP contribution is -2.37. The molecular formula is C26H25F3N4O3. The van der Waals surface area contributed by atoms with Gasteiger partial charge in [0.1, 0.15) is 17.1 Å². The molecule has 0 radical (unpaired) electrons. The van der Waals surface area contributed by atoms with Gasteiger partial charge in [-0.3, -0.25) is 4.79 Å². The molecule has 0 bridgehead atoms. The number of aliphatic hydroxyl groups excluding tert-OH is 1. The number of hydrogen-bond donors (Lipinski definition) is 2. The molecule has 2 atom stereocenters. The van der Waals surface area contributed by atoms with Gasteiger partial charge in [-0.15, -0.1) is 13.2 Å². The Balaban J connectivity index is 1.44. The minimum Gasteiger partial charge on any atom is -0.406 e. The third kappa shape index (κ3) is 6.39. The number of amides is 1. The van der Waals surface area contributed by atoms with E-state index in [1.54, 1.807) is 49.5 Å². The van der Waals surface area contributed by atoms with Crippen molar-refractivity contribution in [3.63, 3.8) is 0 Å². The fraction of sp³-hybridized carbons (Fsp3) is 0.269. The van der Waals surface area contributed by atoms with Crippen molar-refractivity contribution in [3.8, 4) is 5.75 Å². The molecule has 2 heterocycles. The fourth-order valence-electron chi connectivity index (χ4n) is 3.91. The molecule has 2 N–H and O–H groups in total. The first-order chi connectivity index (χ1) is 17.2. The van der Waals surface area contributed by atoms with Gasteiger partial charge in [0.2, 0.25) is 5.91 Å². The maximum absolute atomic E-state index is 12.6. The van der Waals surface area contributed by atoms with Gasteiger partial charge in [0.25, 0.3) is 0 Å². The average molecular weight is 499 g/mol. The highest BCUT2D eigenvalue weighted by Gasteiger charge is 2.31. The van der Waals surface area contributed by atoms with E-state index in [1.807, 2.05) is 22.8 Å². The zero-order chi connectivity index (χ0) is 25.7. The second-order valence-electron chi connectivity index (χ2n) is 8.36. The van der Waals surface area contributed by atoms with Crippen LogP contribution in [-0.2, 0) is 17.8 Å². The molecule has 10 heteroatoms. The van der Waals surface area contributed by atoms with Crippen LogP contribution in [-0.4, -0.2) is 38.0 Å². The molecule has 188 valence electrons. The Labute approximate surface area is 205 Å². The van der Waals surface area contributed by atoms with Gasteiger partial charge < -0.3 is 19.7 Å². The lowest BCUT2D eigenvalue weighted by atomic mass is 10.0. The summed E-state index contributed by atoms with van der Waals surface area (Å²) in [6, 6.07) is 17.7. The van der Waals surface area contributed by atoms with E-state index in [4.69, 9.17) is 0 Å². The third-order valence-electron chi connectivity index (χ3n) is 5.66. The molecule has 4 aromatic rings. The highest BCUT2D eigenvalue weighted by Crippen LogP contribution is 2.24. The number of nitrogens with zero attached hydrogens (tertiary/aromatic N) is 3. The summed E-state index contributed by atoms with van der Waals surface area (Å²) in [5, 5.41) is 13.3. The number of imidazole rings is 1. The van der Waals surface area contributed by atoms with Crippen molar-refractivity contribution in [2.24, 2.45) is 0 Å². The van der Waals surface area contributed by atoms with Gasteiger partial charge in [-0.25, -0.2) is 9.97 Å². The van der Waals surface area contributed by atoms with Crippen molar-refractivity contribution in [2.75, 3.05) is 0 Å². The van der Waals surface area contributed by atoms with E-state index in [2.05, 4.69) is 20.0 Å². The van der Waals surface area contributed by atoms with E-state index in [0.29, 0.717) is 35.5 Å². The van der Waals surface area contributed by atoms with E-state index < -0.39 is 18.5 Å². The molecule has 36 heavy (non-hydrogen) atoms. The van der Waals surface area contributed by atoms with Crippen molar-refractivity contribution in [1.82, 2.24) is 19.9 Å². The second kappa shape index (κ2) is 10.8. The van der Waals surface area contributed by atoms with E-state index in [9.17, 15) is 23.1 Å². The van der Waals surface area contributed by atoms with E-state index in [-0.39, 0.29) is 18.1 Å². The number of carbonyl (C=O) groups is 1. The maximum atomic E-state index is 12.6. The molecular weight excluding hydrogens is 473 g/mol. The van der Waals surface area contributed by atoms with Crippen LogP contribution in [0.4, 0.5) is 13.2 Å². The van der Waals surface area contributed by atoms with Gasteiger partial charge in [-0.05, 0) is 42.3 Å². The number of pyridine rings is 1. The predicted molar refractivity (Wildman–Crippen MR) is 127 cm³/mol. The number of fused-ring (bicyclic) bond motifs is 1. The molecule has 1 amide bonds. The van der Waals surface area contributed by atoms with Crippen molar-refractivity contribution in [3.05, 3.63) is 89.9 Å². The Hall–Kier alpha value is -3.92. The molecule has 0 aliphatic heterocycles. The Morgan fingerprint density at radius 1 is 1.08 bits per heavy atom. The number of aryl methyl sites for hydroxylation is 1. The Kier molecular flexibility index (Phi) is 7.54. The number of carbonyl (C=O) groups excluding carboxylic acids is 1. The largest absolute Gasteiger partial charge is 0.573 e. The summed E-state index contributed by atoms with van der Waals surface area (Å²) in [5.41, 5.74) is 2.69. The smallest absolute Gasteiger partial charge is 0.406 e. The van der Waals surface area contributed by atoms with Crippen LogP contribution in [0.1, 0.15) is 36.4 Å². The van der Waals surface area contributed by atoms with Gasteiger partial charge >= 0.3 is 6.36 Å². The summed E-state index contributed by atoms with van der Waals surface area (Å²) in [6.45, 7) is 2.04. The molecule has 2 aromatic carbocycles. The van der Waals surface area contributed by atoms with Crippen LogP contribution in [0.15, 0.2) is 72.9 Å². The third-order valence-corrected chi connectivity index (χ3v) is 5.66. The minimum atomic E-state index is -4.76. The molecule has 0 fully saturated rings. The average Bonchev–Trinajstić information content (AvgIpc) is 3.20. The first kappa shape index (κ1) is 25.2. The molecule has 0 saturated heterocycles. The van der Waals surface area contributed by atoms with Crippen LogP contribution in [0.5, 0.6) is 5.75 Å². The van der Waals surface area contributed by atoms with Gasteiger partial charge in [0.15, 0.2) is 5.65 Å². The molecule has 0 spiro atoms. The number of alkyl halides is 3. The van der Waals surface area contributed by atoms with Crippen molar-refractivity contribution >= 4 is 17.1 Å². The number of halogens is 3. The Morgan fingerprint density at radius 2 is 1.81 bits per heavy atom. The molecule has 0 saturated carbocycles. The summed E-state index contributed by atoms with van der Waals surface area (Å²) >= 11 is 0. The van der Waals surface area contributed by atoms with Crippen LogP contribution in [0.2, 0.25) is 0 Å². The first-order valence-corrected chi connectivity index (χ1v) is 11.4. The first-order valence-electron chi connectivity index (χ1n) is 11.4. The van der Waals surface area contributed by atoms with Crippen LogP contribution in [0.25, 0.3) is 11.2 Å². The maximum Gasteiger partial charge on any atom is 0.573 e. The Morgan fingerprint density at radius 3 is 2.50 bits per heavy atom. The van der Waals surface area contributed by atoms with Gasteiger partial charge in [0.05, 0.1) is 18.7 Å². The molecule has 2 aromatic heterocycles. The predicted octanol–water partition coefficient (Wildman–Crippen LogP) is 4.55. The van der Waals surface area contributed by atoms with Crippen LogP contribution >= 0.6 is 0 Å². The molecule has 4 rings (SSSR count). The number of benzene rings is 2. The summed E-state index contributed by atoms with van der Waals surface area (Å²) in [4.78, 5) is 21.6. The van der Waals surface area contributed by atoms with Gasteiger partial charge in [-0.2, -0.15) is 0 Å². The second-order valence-corrected chi connectivity index (χ2v) is 8.36. The van der Waals surface area contributed by atoms with Crippen LogP contribution < -0.4 is 10.1 Å². The summed E-state index contributed by atoms with van der Waals surface area (Å²) in [5.74, 6) is 0.0759. The van der Waals surface area contributed by atoms with Crippen LogP contribution in [0, 0.1) is 0 Å². The number of aliphatic hydroxyl groups is 1. The van der Waals surface area contributed by atoms with E-state index >= 15 is 0 Å². The summed E-state index contributed by atoms with van der Waals surface area (Å²) < 4.78 is 43.1. The number of hydrogen-bond acceptors (Lipinski definition) is 5. The van der Waals surface area contributed by atoms with Crippen molar-refractivity contribution < 1.29 is 27.8 Å². The molecule has 0 aliphatic rings. The monoisotopic (exact) mass is 498 g/mol. The number of rotatable bonds is 9. The standard InChI is InChI=1S/C26H25F3N4O3/c1-17(24(35)19-6-3-2-4-7-19)31-23(34)14-13-22-32-21-8-5-15-30-25(21)33(22)16-18-9-11-20(12-10-18)36-26(27,28)29/h2-12,15,17,24,35H,13-14,16H2,1H3,(H,31,34). The minimum absolute atomic E-state index is 0.132.